The van der Waals surface area contributed by atoms with Crippen LogP contribution in [-0.2, 0) is 14.4 Å². The van der Waals surface area contributed by atoms with E-state index >= 15 is 0 Å². The quantitative estimate of drug-likeness (QED) is 0.132. The van der Waals surface area contributed by atoms with Gasteiger partial charge in [-0.05, 0) is 53.4 Å². The van der Waals surface area contributed by atoms with Crippen LogP contribution in [0.2, 0.25) is 0 Å². The SMILES string of the molecule is CCCCCCCCCCCCN(C(=O)C(N)=O)C1CC(C)(C)N(OCCCCCCCC)C(C)(C)C1. The summed E-state index contributed by atoms with van der Waals surface area (Å²) in [7, 11) is 0. The second kappa shape index (κ2) is 18.2. The molecule has 0 aliphatic carbocycles. The molecule has 1 aliphatic heterocycles. The topological polar surface area (TPSA) is 75.9 Å². The standard InChI is InChI=1S/C31H61N3O3/c1-7-9-11-13-15-16-17-18-19-21-23-33(29(36)28(32)35)27-25-30(3,4)34(31(5,6)26-27)37-24-22-20-14-12-10-8-2/h27H,7-26H2,1-6H3,(H2,32,35). The highest BCUT2D eigenvalue weighted by Gasteiger charge is 2.49. The number of nitrogens with two attached hydrogens (primary N) is 1. The average Bonchev–Trinajstić information content (AvgIpc) is 2.82. The van der Waals surface area contributed by atoms with Crippen LogP contribution in [0.3, 0.4) is 0 Å². The summed E-state index contributed by atoms with van der Waals surface area (Å²) in [5.41, 5.74) is 4.99. The van der Waals surface area contributed by atoms with Gasteiger partial charge in [0.25, 0.3) is 0 Å². The molecule has 1 heterocycles. The van der Waals surface area contributed by atoms with Gasteiger partial charge in [0, 0.05) is 23.7 Å². The van der Waals surface area contributed by atoms with Crippen LogP contribution >= 0.6 is 0 Å². The van der Waals surface area contributed by atoms with Crippen LogP contribution in [0, 0.1) is 0 Å². The number of nitrogens with zero attached hydrogens (tertiary/aromatic N) is 2. The van der Waals surface area contributed by atoms with Gasteiger partial charge in [-0.15, -0.1) is 0 Å². The van der Waals surface area contributed by atoms with E-state index in [4.69, 9.17) is 10.6 Å². The van der Waals surface area contributed by atoms with E-state index < -0.39 is 11.8 Å². The minimum absolute atomic E-state index is 0.0162. The fraction of sp³-hybridized carbons (Fsp3) is 0.935. The lowest BCUT2D eigenvalue weighted by Gasteiger charge is -2.55. The number of rotatable bonds is 20. The van der Waals surface area contributed by atoms with Gasteiger partial charge >= 0.3 is 11.8 Å². The van der Waals surface area contributed by atoms with Gasteiger partial charge in [0.15, 0.2) is 0 Å². The fourth-order valence-corrected chi connectivity index (χ4v) is 6.18. The van der Waals surface area contributed by atoms with Crippen LogP contribution in [0.1, 0.15) is 157 Å². The second-order valence-corrected chi connectivity index (χ2v) is 12.6. The summed E-state index contributed by atoms with van der Waals surface area (Å²) in [6.07, 6.45) is 21.4. The van der Waals surface area contributed by atoms with Gasteiger partial charge in [-0.1, -0.05) is 104 Å². The number of primary amides is 1. The minimum Gasteiger partial charge on any atom is -0.361 e. The van der Waals surface area contributed by atoms with E-state index in [0.717, 1.165) is 38.7 Å². The van der Waals surface area contributed by atoms with Crippen LogP contribution in [0.25, 0.3) is 0 Å². The maximum Gasteiger partial charge on any atom is 0.311 e. The molecule has 0 aromatic carbocycles. The van der Waals surface area contributed by atoms with Crippen molar-refractivity contribution in [2.45, 2.75) is 174 Å². The predicted molar refractivity (Wildman–Crippen MR) is 155 cm³/mol. The lowest BCUT2D eigenvalue weighted by Crippen LogP contribution is -2.65. The number of hydrogen-bond donors (Lipinski definition) is 1. The van der Waals surface area contributed by atoms with Gasteiger partial charge in [-0.25, -0.2) is 0 Å². The third-order valence-electron chi connectivity index (χ3n) is 7.95. The number of hydrogen-bond acceptors (Lipinski definition) is 4. The van der Waals surface area contributed by atoms with Crippen molar-refractivity contribution in [2.75, 3.05) is 13.2 Å². The molecule has 1 rings (SSSR count). The first kappa shape index (κ1) is 33.9. The van der Waals surface area contributed by atoms with Gasteiger partial charge in [0.1, 0.15) is 0 Å². The summed E-state index contributed by atoms with van der Waals surface area (Å²) >= 11 is 0. The van der Waals surface area contributed by atoms with Gasteiger partial charge in [-0.3, -0.25) is 14.4 Å². The first-order chi connectivity index (χ1) is 17.6. The highest BCUT2D eigenvalue weighted by molar-refractivity contribution is 6.34. The Morgan fingerprint density at radius 2 is 1.14 bits per heavy atom. The Morgan fingerprint density at radius 3 is 1.57 bits per heavy atom. The van der Waals surface area contributed by atoms with E-state index in [-0.39, 0.29) is 17.1 Å². The van der Waals surface area contributed by atoms with E-state index in [2.05, 4.69) is 46.6 Å². The molecule has 2 amide bonds. The monoisotopic (exact) mass is 523 g/mol. The number of unbranched alkanes of at least 4 members (excludes halogenated alkanes) is 14. The van der Waals surface area contributed by atoms with Crippen LogP contribution in [0.4, 0.5) is 0 Å². The maximum absolute atomic E-state index is 12.9. The van der Waals surface area contributed by atoms with Crippen LogP contribution < -0.4 is 5.73 Å². The van der Waals surface area contributed by atoms with Crippen molar-refractivity contribution in [1.82, 2.24) is 9.96 Å². The Kier molecular flexibility index (Phi) is 16.7. The Bertz CT molecular complexity index is 617. The molecule has 0 unspecified atom stereocenters. The summed E-state index contributed by atoms with van der Waals surface area (Å²) < 4.78 is 0. The molecule has 0 bridgehead atoms. The normalized spacial score (nSPS) is 17.7. The maximum atomic E-state index is 12.9. The van der Waals surface area contributed by atoms with E-state index in [9.17, 15) is 9.59 Å². The molecular formula is C31H61N3O3. The zero-order chi connectivity index (χ0) is 27.7. The van der Waals surface area contributed by atoms with Gasteiger partial charge in [0.05, 0.1) is 6.61 Å². The van der Waals surface area contributed by atoms with E-state index in [1.165, 1.54) is 83.5 Å². The molecule has 6 nitrogen and oxygen atoms in total. The lowest BCUT2D eigenvalue weighted by atomic mass is 9.78. The third kappa shape index (κ3) is 13.0. The van der Waals surface area contributed by atoms with Crippen molar-refractivity contribution in [2.24, 2.45) is 5.73 Å². The number of piperidine rings is 1. The van der Waals surface area contributed by atoms with Crippen LogP contribution in [0.5, 0.6) is 0 Å². The molecule has 1 saturated heterocycles. The van der Waals surface area contributed by atoms with Crippen molar-refractivity contribution in [3.63, 3.8) is 0 Å². The summed E-state index contributed by atoms with van der Waals surface area (Å²) in [6, 6.07) is -0.0162. The molecule has 2 N–H and O–H groups in total. The van der Waals surface area contributed by atoms with Gasteiger partial charge in [-0.2, -0.15) is 5.06 Å². The van der Waals surface area contributed by atoms with Crippen LogP contribution in [-0.4, -0.2) is 52.0 Å². The highest BCUT2D eigenvalue weighted by Crippen LogP contribution is 2.40. The number of hydroxylamine groups is 2. The smallest absolute Gasteiger partial charge is 0.311 e. The molecule has 0 aromatic rings. The van der Waals surface area contributed by atoms with E-state index in [0.29, 0.717) is 6.54 Å². The zero-order valence-corrected chi connectivity index (χ0v) is 25.4. The Labute approximate surface area is 229 Å². The summed E-state index contributed by atoms with van der Waals surface area (Å²) in [6.45, 7) is 14.6. The summed E-state index contributed by atoms with van der Waals surface area (Å²) in [4.78, 5) is 32.9. The first-order valence-corrected chi connectivity index (χ1v) is 15.6. The third-order valence-corrected chi connectivity index (χ3v) is 7.95. The largest absolute Gasteiger partial charge is 0.361 e. The predicted octanol–water partition coefficient (Wildman–Crippen LogP) is 7.53. The minimum atomic E-state index is -0.843. The Morgan fingerprint density at radius 1 is 0.730 bits per heavy atom. The Balaban J connectivity index is 2.59. The molecule has 0 aromatic heterocycles. The van der Waals surface area contributed by atoms with E-state index in [1.54, 1.807) is 4.90 Å². The molecule has 0 saturated carbocycles. The fourth-order valence-electron chi connectivity index (χ4n) is 6.18. The second-order valence-electron chi connectivity index (χ2n) is 12.6. The van der Waals surface area contributed by atoms with E-state index in [1.807, 2.05) is 0 Å². The molecule has 0 atom stereocenters. The molecule has 6 heteroatoms. The highest BCUT2D eigenvalue weighted by atomic mass is 16.7. The average molecular weight is 524 g/mol. The summed E-state index contributed by atoms with van der Waals surface area (Å²) in [5, 5.41) is 2.16. The molecule has 0 spiro atoms. The van der Waals surface area contributed by atoms with Crippen molar-refractivity contribution in [1.29, 1.82) is 0 Å². The molecule has 1 aliphatic rings. The van der Waals surface area contributed by atoms with Crippen molar-refractivity contribution in [3.8, 4) is 0 Å². The van der Waals surface area contributed by atoms with Crippen molar-refractivity contribution >= 4 is 11.8 Å². The molecule has 218 valence electrons. The summed E-state index contributed by atoms with van der Waals surface area (Å²) in [5.74, 6) is -1.38. The number of amides is 2. The molecule has 37 heavy (non-hydrogen) atoms. The van der Waals surface area contributed by atoms with Crippen molar-refractivity contribution < 1.29 is 14.4 Å². The van der Waals surface area contributed by atoms with Gasteiger partial charge < -0.3 is 10.6 Å². The lowest BCUT2D eigenvalue weighted by molar-refractivity contribution is -0.288. The van der Waals surface area contributed by atoms with Crippen molar-refractivity contribution in [3.05, 3.63) is 0 Å². The zero-order valence-electron chi connectivity index (χ0n) is 25.4. The molecule has 1 fully saturated rings. The molecule has 0 radical (unpaired) electrons. The molecular weight excluding hydrogens is 462 g/mol. The van der Waals surface area contributed by atoms with Gasteiger partial charge in [0.2, 0.25) is 0 Å². The van der Waals surface area contributed by atoms with Crippen LogP contribution in [0.15, 0.2) is 0 Å². The number of carbonyl (C=O) groups is 2. The Hall–Kier alpha value is -1.14. The number of carbonyl (C=O) groups excluding carboxylic acids is 2. The first-order valence-electron chi connectivity index (χ1n) is 15.6.